The van der Waals surface area contributed by atoms with Crippen LogP contribution in [0.3, 0.4) is 0 Å². The number of amides is 1. The van der Waals surface area contributed by atoms with Crippen molar-refractivity contribution >= 4 is 5.91 Å². The normalized spacial score (nSPS) is 17.0. The molecule has 0 radical (unpaired) electrons. The summed E-state index contributed by atoms with van der Waals surface area (Å²) in [6, 6.07) is 14.0. The van der Waals surface area contributed by atoms with Crippen molar-refractivity contribution in [3.05, 3.63) is 66.0 Å². The number of hydrogen-bond donors (Lipinski definition) is 1. The predicted octanol–water partition coefficient (Wildman–Crippen LogP) is 3.80. The molecule has 1 aromatic carbocycles. The fourth-order valence-corrected chi connectivity index (χ4v) is 3.77. The van der Waals surface area contributed by atoms with Crippen LogP contribution < -0.4 is 5.32 Å². The quantitative estimate of drug-likeness (QED) is 0.825. The Morgan fingerprint density at radius 2 is 1.77 bits per heavy atom. The molecule has 4 heteroatoms. The molecule has 3 rings (SSSR count). The van der Waals surface area contributed by atoms with Crippen LogP contribution in [0.25, 0.3) is 0 Å². The third kappa shape index (κ3) is 5.15. The number of carbonyl (C=O) groups is 1. The first-order valence-corrected chi connectivity index (χ1v) is 9.73. The Morgan fingerprint density at radius 1 is 1.12 bits per heavy atom. The molecule has 1 atom stereocenters. The van der Waals surface area contributed by atoms with Gasteiger partial charge in [0.2, 0.25) is 5.91 Å². The van der Waals surface area contributed by atoms with E-state index < -0.39 is 0 Å². The maximum absolute atomic E-state index is 12.7. The number of piperidine rings is 1. The van der Waals surface area contributed by atoms with Gasteiger partial charge in [0.25, 0.3) is 0 Å². The molecule has 0 saturated carbocycles. The molecular formula is C22H29N3O. The fraction of sp³-hybridized carbons (Fsp3) is 0.455. The van der Waals surface area contributed by atoms with Gasteiger partial charge in [-0.15, -0.1) is 0 Å². The molecule has 1 saturated heterocycles. The van der Waals surface area contributed by atoms with E-state index in [1.807, 2.05) is 30.3 Å². The minimum Gasteiger partial charge on any atom is -0.345 e. The van der Waals surface area contributed by atoms with E-state index in [0.717, 1.165) is 37.1 Å². The lowest BCUT2D eigenvalue weighted by Crippen LogP contribution is -2.37. The first kappa shape index (κ1) is 18.6. The summed E-state index contributed by atoms with van der Waals surface area (Å²) in [7, 11) is 0. The number of hydrogen-bond acceptors (Lipinski definition) is 3. The smallest absolute Gasteiger partial charge is 0.221 e. The van der Waals surface area contributed by atoms with Gasteiger partial charge in [-0.2, -0.15) is 0 Å². The van der Waals surface area contributed by atoms with Crippen molar-refractivity contribution in [1.29, 1.82) is 0 Å². The van der Waals surface area contributed by atoms with Gasteiger partial charge in [0.05, 0.1) is 6.04 Å². The van der Waals surface area contributed by atoms with Crippen molar-refractivity contribution in [3.63, 3.8) is 0 Å². The minimum atomic E-state index is -0.119. The zero-order valence-corrected chi connectivity index (χ0v) is 15.6. The van der Waals surface area contributed by atoms with Crippen LogP contribution in [-0.4, -0.2) is 35.4 Å². The van der Waals surface area contributed by atoms with E-state index in [4.69, 9.17) is 0 Å². The summed E-state index contributed by atoms with van der Waals surface area (Å²) < 4.78 is 0. The van der Waals surface area contributed by atoms with Crippen LogP contribution >= 0.6 is 0 Å². The molecule has 2 heterocycles. The highest BCUT2D eigenvalue weighted by Crippen LogP contribution is 2.24. The molecule has 1 N–H and O–H groups in total. The summed E-state index contributed by atoms with van der Waals surface area (Å²) >= 11 is 0. The van der Waals surface area contributed by atoms with Gasteiger partial charge < -0.3 is 10.2 Å². The van der Waals surface area contributed by atoms with E-state index in [2.05, 4.69) is 34.3 Å². The largest absolute Gasteiger partial charge is 0.345 e. The molecule has 1 amide bonds. The van der Waals surface area contributed by atoms with Crippen LogP contribution in [0.4, 0.5) is 0 Å². The zero-order valence-electron chi connectivity index (χ0n) is 15.6. The average Bonchev–Trinajstić information content (AvgIpc) is 2.69. The fourth-order valence-electron chi connectivity index (χ4n) is 3.77. The number of aromatic nitrogens is 1. The Morgan fingerprint density at radius 3 is 2.42 bits per heavy atom. The summed E-state index contributed by atoms with van der Waals surface area (Å²) in [5, 5.41) is 3.25. The maximum Gasteiger partial charge on any atom is 0.221 e. The number of nitrogens with one attached hydrogen (secondary N) is 1. The summed E-state index contributed by atoms with van der Waals surface area (Å²) in [5.74, 6) is 0.640. The zero-order chi connectivity index (χ0) is 18.2. The van der Waals surface area contributed by atoms with Crippen molar-refractivity contribution in [2.45, 2.75) is 38.6 Å². The van der Waals surface area contributed by atoms with Crippen molar-refractivity contribution in [2.75, 3.05) is 19.6 Å². The third-order valence-corrected chi connectivity index (χ3v) is 5.20. The number of carbonyl (C=O) groups excluding carboxylic acids is 1. The highest BCUT2D eigenvalue weighted by Gasteiger charge is 2.23. The lowest BCUT2D eigenvalue weighted by molar-refractivity contribution is -0.122. The molecule has 1 aromatic heterocycles. The predicted molar refractivity (Wildman–Crippen MR) is 105 cm³/mol. The Hall–Kier alpha value is -2.20. The summed E-state index contributed by atoms with van der Waals surface area (Å²) in [4.78, 5) is 19.3. The Labute approximate surface area is 156 Å². The van der Waals surface area contributed by atoms with E-state index in [1.54, 1.807) is 12.4 Å². The van der Waals surface area contributed by atoms with Gasteiger partial charge in [-0.25, -0.2) is 0 Å². The third-order valence-electron chi connectivity index (χ3n) is 5.20. The highest BCUT2D eigenvalue weighted by molar-refractivity contribution is 5.77. The van der Waals surface area contributed by atoms with Crippen LogP contribution in [0, 0.1) is 5.92 Å². The molecule has 4 nitrogen and oxygen atoms in total. The summed E-state index contributed by atoms with van der Waals surface area (Å²) in [5.41, 5.74) is 2.17. The van der Waals surface area contributed by atoms with Gasteiger partial charge in [0, 0.05) is 18.8 Å². The van der Waals surface area contributed by atoms with Crippen LogP contribution in [0.1, 0.15) is 49.8 Å². The minimum absolute atomic E-state index is 0.119. The Bertz CT molecular complexity index is 627. The van der Waals surface area contributed by atoms with E-state index in [0.29, 0.717) is 12.3 Å². The SMILES string of the molecule is CCCN1CCC(CC(=O)N[C@@H](c2ccccc2)c2ccncc2)CC1. The first-order chi connectivity index (χ1) is 12.8. The number of pyridine rings is 1. The van der Waals surface area contributed by atoms with Gasteiger partial charge in [0.15, 0.2) is 0 Å². The molecule has 0 aliphatic carbocycles. The standard InChI is InChI=1S/C22H29N3O/c1-2-14-25-15-10-18(11-16-25)17-21(26)24-22(19-6-4-3-5-7-19)20-8-12-23-13-9-20/h3-9,12-13,18,22H,2,10-11,14-17H2,1H3,(H,24,26)/t22-/m0/s1. The molecule has 0 unspecified atom stereocenters. The molecular weight excluding hydrogens is 322 g/mol. The molecule has 26 heavy (non-hydrogen) atoms. The maximum atomic E-state index is 12.7. The summed E-state index contributed by atoms with van der Waals surface area (Å²) in [6.45, 7) is 5.65. The van der Waals surface area contributed by atoms with Crippen molar-refractivity contribution in [1.82, 2.24) is 15.2 Å². The van der Waals surface area contributed by atoms with Gasteiger partial charge in [-0.1, -0.05) is 37.3 Å². The monoisotopic (exact) mass is 351 g/mol. The average molecular weight is 351 g/mol. The molecule has 1 fully saturated rings. The van der Waals surface area contributed by atoms with E-state index in [1.165, 1.54) is 13.0 Å². The first-order valence-electron chi connectivity index (χ1n) is 9.73. The van der Waals surface area contributed by atoms with E-state index >= 15 is 0 Å². The van der Waals surface area contributed by atoms with E-state index in [-0.39, 0.29) is 11.9 Å². The highest BCUT2D eigenvalue weighted by atomic mass is 16.1. The number of likely N-dealkylation sites (tertiary alicyclic amines) is 1. The van der Waals surface area contributed by atoms with Crippen LogP contribution in [0.2, 0.25) is 0 Å². The van der Waals surface area contributed by atoms with Gasteiger partial charge in [-0.05, 0) is 68.1 Å². The Kier molecular flexibility index (Phi) is 6.78. The van der Waals surface area contributed by atoms with Gasteiger partial charge in [-0.3, -0.25) is 9.78 Å². The molecule has 1 aliphatic heterocycles. The second-order valence-corrected chi connectivity index (χ2v) is 7.18. The van der Waals surface area contributed by atoms with E-state index in [9.17, 15) is 4.79 Å². The number of benzene rings is 1. The number of nitrogens with zero attached hydrogens (tertiary/aromatic N) is 2. The lowest BCUT2D eigenvalue weighted by atomic mass is 9.92. The molecule has 2 aromatic rings. The van der Waals surface area contributed by atoms with Crippen LogP contribution in [-0.2, 0) is 4.79 Å². The van der Waals surface area contributed by atoms with Crippen molar-refractivity contribution in [3.8, 4) is 0 Å². The van der Waals surface area contributed by atoms with Crippen molar-refractivity contribution in [2.24, 2.45) is 5.92 Å². The molecule has 1 aliphatic rings. The second kappa shape index (κ2) is 9.48. The summed E-state index contributed by atoms with van der Waals surface area (Å²) in [6.07, 6.45) is 7.63. The van der Waals surface area contributed by atoms with Crippen LogP contribution in [0.15, 0.2) is 54.9 Å². The topological polar surface area (TPSA) is 45.2 Å². The molecule has 0 bridgehead atoms. The number of rotatable bonds is 7. The molecule has 0 spiro atoms. The van der Waals surface area contributed by atoms with Gasteiger partial charge >= 0.3 is 0 Å². The van der Waals surface area contributed by atoms with Gasteiger partial charge in [0.1, 0.15) is 0 Å². The Balaban J connectivity index is 1.61. The van der Waals surface area contributed by atoms with Crippen LogP contribution in [0.5, 0.6) is 0 Å². The van der Waals surface area contributed by atoms with Crippen molar-refractivity contribution < 1.29 is 4.79 Å². The lowest BCUT2D eigenvalue weighted by Gasteiger charge is -2.31. The molecule has 138 valence electrons. The second-order valence-electron chi connectivity index (χ2n) is 7.18.